The van der Waals surface area contributed by atoms with E-state index in [9.17, 15) is 10.1 Å². The lowest BCUT2D eigenvalue weighted by atomic mass is 10.1. The van der Waals surface area contributed by atoms with Gasteiger partial charge in [0, 0.05) is 0 Å². The molecule has 34 heavy (non-hydrogen) atoms. The minimum Gasteiger partial charge on any atom is -0.494 e. The van der Waals surface area contributed by atoms with E-state index in [1.165, 1.54) is 32.4 Å². The second kappa shape index (κ2) is 15.2. The Morgan fingerprint density at radius 2 is 1.56 bits per heavy atom. The minimum atomic E-state index is -0.659. The molecule has 0 bridgehead atoms. The molecule has 182 valence electrons. The van der Waals surface area contributed by atoms with Crippen LogP contribution < -0.4 is 18.9 Å². The molecule has 0 atom stereocenters. The van der Waals surface area contributed by atoms with Gasteiger partial charge in [-0.3, -0.25) is 0 Å². The molecule has 2 rings (SSSR count). The Bertz CT molecular complexity index is 962. The van der Waals surface area contributed by atoms with Crippen molar-refractivity contribution in [3.05, 3.63) is 53.6 Å². The number of rotatable bonds is 15. The highest BCUT2D eigenvalue weighted by Gasteiger charge is 2.11. The van der Waals surface area contributed by atoms with E-state index in [0.717, 1.165) is 24.5 Å². The Labute approximate surface area is 201 Å². The maximum absolute atomic E-state index is 11.8. The predicted octanol–water partition coefficient (Wildman–Crippen LogP) is 5.58. The van der Waals surface area contributed by atoms with Crippen LogP contribution in [0.5, 0.6) is 23.0 Å². The van der Waals surface area contributed by atoms with Crippen LogP contribution in [0.15, 0.2) is 48.0 Å². The summed E-state index contributed by atoms with van der Waals surface area (Å²) in [7, 11) is 1.52. The van der Waals surface area contributed by atoms with Crippen LogP contribution in [0.2, 0.25) is 0 Å². The molecule has 0 aliphatic rings. The van der Waals surface area contributed by atoms with E-state index in [-0.39, 0.29) is 12.2 Å². The smallest absolute Gasteiger partial charge is 0.348 e. The Balaban J connectivity index is 1.83. The first kappa shape index (κ1) is 26.6. The molecule has 0 aliphatic heterocycles. The number of hydrogen-bond acceptors (Lipinski definition) is 7. The van der Waals surface area contributed by atoms with Crippen molar-refractivity contribution in [1.82, 2.24) is 0 Å². The first-order valence-corrected chi connectivity index (χ1v) is 11.6. The van der Waals surface area contributed by atoms with Gasteiger partial charge in [-0.25, -0.2) is 4.79 Å². The summed E-state index contributed by atoms with van der Waals surface area (Å²) < 4.78 is 27.5. The number of unbranched alkanes of at least 4 members (excludes halogenated alkanes) is 3. The summed E-state index contributed by atoms with van der Waals surface area (Å²) in [6.07, 6.45) is 6.16. The van der Waals surface area contributed by atoms with Gasteiger partial charge in [0.1, 0.15) is 36.4 Å². The van der Waals surface area contributed by atoms with Gasteiger partial charge in [0.25, 0.3) is 0 Å². The maximum atomic E-state index is 11.8. The lowest BCUT2D eigenvalue weighted by Crippen LogP contribution is -2.09. The Hall–Kier alpha value is -3.66. The van der Waals surface area contributed by atoms with Crippen molar-refractivity contribution < 1.29 is 28.5 Å². The molecule has 0 saturated heterocycles. The third-order valence-corrected chi connectivity index (χ3v) is 4.81. The van der Waals surface area contributed by atoms with Gasteiger partial charge in [0.05, 0.1) is 20.3 Å². The van der Waals surface area contributed by atoms with Crippen molar-refractivity contribution in [3.63, 3.8) is 0 Å². The van der Waals surface area contributed by atoms with Crippen LogP contribution in [0.25, 0.3) is 6.08 Å². The first-order valence-electron chi connectivity index (χ1n) is 11.6. The molecule has 7 nitrogen and oxygen atoms in total. The van der Waals surface area contributed by atoms with Crippen molar-refractivity contribution >= 4 is 12.0 Å². The standard InChI is InChI=1S/C27H33NO6/c1-4-6-7-8-15-32-23-10-12-24(13-11-23)33-16-17-34-25-14-9-21(19-26(25)30-3)18-22(20-28)27(29)31-5-2/h9-14,18-19H,4-8,15-17H2,1-3H3/b22-18+. The van der Waals surface area contributed by atoms with Crippen molar-refractivity contribution in [1.29, 1.82) is 5.26 Å². The summed E-state index contributed by atoms with van der Waals surface area (Å²) in [5, 5.41) is 9.19. The number of ether oxygens (including phenoxy) is 5. The molecular formula is C27H33NO6. The van der Waals surface area contributed by atoms with Crippen LogP contribution in [0.1, 0.15) is 45.1 Å². The molecule has 7 heteroatoms. The van der Waals surface area contributed by atoms with Gasteiger partial charge in [-0.05, 0) is 61.4 Å². The normalized spacial score (nSPS) is 10.8. The SMILES string of the molecule is CCCCCCOc1ccc(OCCOc2ccc(/C=C(\C#N)C(=O)OCC)cc2OC)cc1. The quantitative estimate of drug-likeness (QED) is 0.146. The van der Waals surface area contributed by atoms with E-state index in [1.54, 1.807) is 25.1 Å². The van der Waals surface area contributed by atoms with Crippen LogP contribution >= 0.6 is 0 Å². The van der Waals surface area contributed by atoms with Crippen molar-refractivity contribution in [2.45, 2.75) is 39.5 Å². The fraction of sp³-hybridized carbons (Fsp3) is 0.407. The summed E-state index contributed by atoms with van der Waals surface area (Å²) in [5.74, 6) is 1.92. The fourth-order valence-corrected chi connectivity index (χ4v) is 3.07. The number of carbonyl (C=O) groups excluding carboxylic acids is 1. The van der Waals surface area contributed by atoms with Crippen LogP contribution in [-0.4, -0.2) is 39.5 Å². The van der Waals surface area contributed by atoms with E-state index in [2.05, 4.69) is 6.92 Å². The number of nitrogens with zero attached hydrogens (tertiary/aromatic N) is 1. The zero-order chi connectivity index (χ0) is 24.6. The van der Waals surface area contributed by atoms with Gasteiger partial charge >= 0.3 is 5.97 Å². The highest BCUT2D eigenvalue weighted by molar-refractivity contribution is 5.97. The zero-order valence-electron chi connectivity index (χ0n) is 20.2. The monoisotopic (exact) mass is 467 g/mol. The summed E-state index contributed by atoms with van der Waals surface area (Å²) in [5.41, 5.74) is 0.539. The van der Waals surface area contributed by atoms with Gasteiger partial charge in [-0.15, -0.1) is 0 Å². The zero-order valence-corrected chi connectivity index (χ0v) is 20.2. The number of carbonyl (C=O) groups is 1. The lowest BCUT2D eigenvalue weighted by Gasteiger charge is -2.12. The number of nitriles is 1. The molecule has 0 heterocycles. The van der Waals surface area contributed by atoms with E-state index < -0.39 is 5.97 Å². The van der Waals surface area contributed by atoms with E-state index in [0.29, 0.717) is 30.3 Å². The predicted molar refractivity (Wildman–Crippen MR) is 130 cm³/mol. The average molecular weight is 468 g/mol. The summed E-state index contributed by atoms with van der Waals surface area (Å²) in [6, 6.07) is 14.5. The second-order valence-corrected chi connectivity index (χ2v) is 7.38. The van der Waals surface area contributed by atoms with Gasteiger partial charge < -0.3 is 23.7 Å². The topological polar surface area (TPSA) is 87.0 Å². The first-order chi connectivity index (χ1) is 16.6. The van der Waals surface area contributed by atoms with Crippen LogP contribution in [0.4, 0.5) is 0 Å². The second-order valence-electron chi connectivity index (χ2n) is 7.38. The van der Waals surface area contributed by atoms with Crippen LogP contribution in [0.3, 0.4) is 0 Å². The summed E-state index contributed by atoms with van der Waals surface area (Å²) in [6.45, 7) is 5.47. The number of esters is 1. The minimum absolute atomic E-state index is 0.0844. The van der Waals surface area contributed by atoms with Gasteiger partial charge in [0.15, 0.2) is 11.5 Å². The number of methoxy groups -OCH3 is 1. The lowest BCUT2D eigenvalue weighted by molar-refractivity contribution is -0.137. The fourth-order valence-electron chi connectivity index (χ4n) is 3.07. The summed E-state index contributed by atoms with van der Waals surface area (Å²) >= 11 is 0. The van der Waals surface area contributed by atoms with Crippen LogP contribution in [-0.2, 0) is 9.53 Å². The number of benzene rings is 2. The Morgan fingerprint density at radius 1 is 0.882 bits per heavy atom. The van der Waals surface area contributed by atoms with Crippen molar-refractivity contribution in [2.75, 3.05) is 33.5 Å². The molecular weight excluding hydrogens is 434 g/mol. The van der Waals surface area contributed by atoms with Crippen LogP contribution in [0, 0.1) is 11.3 Å². The summed E-state index contributed by atoms with van der Waals surface area (Å²) in [4.78, 5) is 11.8. The van der Waals surface area contributed by atoms with E-state index in [1.807, 2.05) is 30.3 Å². The number of hydrogen-bond donors (Lipinski definition) is 0. The molecule has 0 radical (unpaired) electrons. The van der Waals surface area contributed by atoms with Crippen molar-refractivity contribution in [3.8, 4) is 29.1 Å². The molecule has 0 N–H and O–H groups in total. The molecule has 0 saturated carbocycles. The van der Waals surface area contributed by atoms with Gasteiger partial charge in [0.2, 0.25) is 0 Å². The Morgan fingerprint density at radius 3 is 2.18 bits per heavy atom. The van der Waals surface area contributed by atoms with Crippen molar-refractivity contribution in [2.24, 2.45) is 0 Å². The molecule has 0 unspecified atom stereocenters. The molecule has 0 fully saturated rings. The highest BCUT2D eigenvalue weighted by atomic mass is 16.5. The highest BCUT2D eigenvalue weighted by Crippen LogP contribution is 2.29. The maximum Gasteiger partial charge on any atom is 0.348 e. The van der Waals surface area contributed by atoms with E-state index >= 15 is 0 Å². The van der Waals surface area contributed by atoms with E-state index in [4.69, 9.17) is 23.7 Å². The molecule has 0 aliphatic carbocycles. The van der Waals surface area contributed by atoms with Gasteiger partial charge in [-0.1, -0.05) is 32.3 Å². The third-order valence-electron chi connectivity index (χ3n) is 4.81. The molecule has 2 aromatic carbocycles. The molecule has 0 aromatic heterocycles. The average Bonchev–Trinajstić information content (AvgIpc) is 2.86. The molecule has 2 aromatic rings. The molecule has 0 amide bonds. The largest absolute Gasteiger partial charge is 0.494 e. The third kappa shape index (κ3) is 9.07. The van der Waals surface area contributed by atoms with Gasteiger partial charge in [-0.2, -0.15) is 5.26 Å². The Kier molecular flexibility index (Phi) is 11.9. The molecule has 0 spiro atoms.